The molecule has 3 rings (SSSR count). The molecule has 154 valence electrons. The van der Waals surface area contributed by atoms with Gasteiger partial charge in [0.15, 0.2) is 0 Å². The van der Waals surface area contributed by atoms with E-state index < -0.39 is 0 Å². The topological polar surface area (TPSA) is 52.7 Å². The molecule has 1 aliphatic heterocycles. The van der Waals surface area contributed by atoms with Crippen molar-refractivity contribution in [3.8, 4) is 0 Å². The fourth-order valence-corrected chi connectivity index (χ4v) is 3.61. The van der Waals surface area contributed by atoms with Crippen LogP contribution in [0.5, 0.6) is 0 Å². The number of amides is 2. The molecule has 1 heterocycles. The molecule has 1 N–H and O–H groups in total. The number of anilines is 1. The van der Waals surface area contributed by atoms with E-state index in [1.807, 2.05) is 23.1 Å². The molecule has 0 bridgehead atoms. The van der Waals surface area contributed by atoms with Crippen molar-refractivity contribution in [3.05, 3.63) is 65.2 Å². The first-order chi connectivity index (χ1) is 14.1. The van der Waals surface area contributed by atoms with Crippen LogP contribution in [-0.4, -0.2) is 54.3 Å². The Morgan fingerprint density at radius 2 is 1.59 bits per heavy atom. The standard InChI is InChI=1S/C23H28ClN3O2/c24-20-9-11-21(12-10-20)25-22(28)13-14-26-15-17-27(18-16-26)23(29)8-4-7-19-5-2-1-3-6-19/h1-3,5-6,9-12H,4,7-8,13-18H2,(H,25,28). The molecule has 0 atom stereocenters. The molecule has 0 saturated carbocycles. The second-order valence-corrected chi connectivity index (χ2v) is 7.80. The average Bonchev–Trinajstić information content (AvgIpc) is 2.75. The normalized spacial score (nSPS) is 14.6. The van der Waals surface area contributed by atoms with E-state index in [0.29, 0.717) is 24.4 Å². The molecular formula is C23H28ClN3O2. The van der Waals surface area contributed by atoms with Gasteiger partial charge in [-0.3, -0.25) is 14.5 Å². The van der Waals surface area contributed by atoms with Gasteiger partial charge in [-0.15, -0.1) is 0 Å². The number of hydrogen-bond acceptors (Lipinski definition) is 3. The summed E-state index contributed by atoms with van der Waals surface area (Å²) in [7, 11) is 0. The molecular weight excluding hydrogens is 386 g/mol. The fraction of sp³-hybridized carbons (Fsp3) is 0.391. The predicted molar refractivity (Wildman–Crippen MR) is 117 cm³/mol. The third-order valence-corrected chi connectivity index (χ3v) is 5.46. The van der Waals surface area contributed by atoms with Gasteiger partial charge in [-0.05, 0) is 42.7 Å². The Hall–Kier alpha value is -2.37. The Morgan fingerprint density at radius 3 is 2.28 bits per heavy atom. The van der Waals surface area contributed by atoms with Crippen LogP contribution in [0.25, 0.3) is 0 Å². The van der Waals surface area contributed by atoms with Gasteiger partial charge >= 0.3 is 0 Å². The second-order valence-electron chi connectivity index (χ2n) is 7.37. The SMILES string of the molecule is O=C(CCN1CCN(C(=O)CCCc2ccccc2)CC1)Nc1ccc(Cl)cc1. The van der Waals surface area contributed by atoms with Crippen molar-refractivity contribution in [1.82, 2.24) is 9.80 Å². The van der Waals surface area contributed by atoms with E-state index in [-0.39, 0.29) is 11.8 Å². The van der Waals surface area contributed by atoms with E-state index in [4.69, 9.17) is 11.6 Å². The van der Waals surface area contributed by atoms with Crippen molar-refractivity contribution >= 4 is 29.1 Å². The van der Waals surface area contributed by atoms with Crippen LogP contribution in [0.1, 0.15) is 24.8 Å². The highest BCUT2D eigenvalue weighted by Gasteiger charge is 2.21. The van der Waals surface area contributed by atoms with Crippen molar-refractivity contribution in [3.63, 3.8) is 0 Å². The maximum Gasteiger partial charge on any atom is 0.225 e. The molecule has 2 aromatic rings. The van der Waals surface area contributed by atoms with Gasteiger partial charge in [0.1, 0.15) is 0 Å². The van der Waals surface area contributed by atoms with Crippen LogP contribution >= 0.6 is 11.6 Å². The number of piperazine rings is 1. The lowest BCUT2D eigenvalue weighted by atomic mass is 10.1. The highest BCUT2D eigenvalue weighted by atomic mass is 35.5. The second kappa shape index (κ2) is 11.0. The molecule has 2 amide bonds. The van der Waals surface area contributed by atoms with E-state index in [2.05, 4.69) is 22.3 Å². The Bertz CT molecular complexity index is 788. The zero-order valence-electron chi connectivity index (χ0n) is 16.6. The highest BCUT2D eigenvalue weighted by Crippen LogP contribution is 2.14. The maximum absolute atomic E-state index is 12.4. The minimum absolute atomic E-state index is 0.00765. The fourth-order valence-electron chi connectivity index (χ4n) is 3.48. The molecule has 0 radical (unpaired) electrons. The molecule has 0 unspecified atom stereocenters. The lowest BCUT2D eigenvalue weighted by Crippen LogP contribution is -2.49. The van der Waals surface area contributed by atoms with Gasteiger partial charge in [-0.2, -0.15) is 0 Å². The summed E-state index contributed by atoms with van der Waals surface area (Å²) >= 11 is 5.85. The summed E-state index contributed by atoms with van der Waals surface area (Å²) in [6, 6.07) is 17.4. The number of nitrogens with zero attached hydrogens (tertiary/aromatic N) is 2. The van der Waals surface area contributed by atoms with Crippen molar-refractivity contribution in [2.45, 2.75) is 25.7 Å². The number of nitrogens with one attached hydrogen (secondary N) is 1. The van der Waals surface area contributed by atoms with Gasteiger partial charge in [0, 0.05) is 56.3 Å². The number of halogens is 1. The molecule has 1 saturated heterocycles. The number of aryl methyl sites for hydroxylation is 1. The first-order valence-corrected chi connectivity index (χ1v) is 10.6. The lowest BCUT2D eigenvalue weighted by molar-refractivity contribution is -0.133. The molecule has 0 spiro atoms. The van der Waals surface area contributed by atoms with Gasteiger partial charge in [0.05, 0.1) is 0 Å². The number of rotatable bonds is 8. The lowest BCUT2D eigenvalue weighted by Gasteiger charge is -2.34. The van der Waals surface area contributed by atoms with Crippen molar-refractivity contribution in [2.75, 3.05) is 38.0 Å². The van der Waals surface area contributed by atoms with E-state index in [9.17, 15) is 9.59 Å². The Labute approximate surface area is 177 Å². The van der Waals surface area contributed by atoms with Crippen LogP contribution in [0.3, 0.4) is 0 Å². The van der Waals surface area contributed by atoms with Crippen molar-refractivity contribution < 1.29 is 9.59 Å². The Morgan fingerprint density at radius 1 is 0.897 bits per heavy atom. The molecule has 2 aromatic carbocycles. The minimum atomic E-state index is -0.00765. The molecule has 6 heteroatoms. The molecule has 29 heavy (non-hydrogen) atoms. The zero-order valence-corrected chi connectivity index (χ0v) is 17.4. The third-order valence-electron chi connectivity index (χ3n) is 5.21. The Balaban J connectivity index is 1.30. The smallest absolute Gasteiger partial charge is 0.225 e. The molecule has 0 aliphatic carbocycles. The summed E-state index contributed by atoms with van der Waals surface area (Å²) in [6.07, 6.45) is 2.86. The van der Waals surface area contributed by atoms with E-state index >= 15 is 0 Å². The first-order valence-electron chi connectivity index (χ1n) is 10.2. The average molecular weight is 414 g/mol. The number of benzene rings is 2. The number of carbonyl (C=O) groups excluding carboxylic acids is 2. The van der Waals surface area contributed by atoms with Crippen LogP contribution in [0.15, 0.2) is 54.6 Å². The van der Waals surface area contributed by atoms with Crippen LogP contribution in [0.4, 0.5) is 5.69 Å². The van der Waals surface area contributed by atoms with Crippen molar-refractivity contribution in [1.29, 1.82) is 0 Å². The largest absolute Gasteiger partial charge is 0.340 e. The van der Waals surface area contributed by atoms with Gasteiger partial charge in [0.2, 0.25) is 11.8 Å². The minimum Gasteiger partial charge on any atom is -0.340 e. The summed E-state index contributed by atoms with van der Waals surface area (Å²) in [4.78, 5) is 28.7. The van der Waals surface area contributed by atoms with E-state index in [0.717, 1.165) is 44.7 Å². The summed E-state index contributed by atoms with van der Waals surface area (Å²) in [6.45, 7) is 3.82. The van der Waals surface area contributed by atoms with Crippen molar-refractivity contribution in [2.24, 2.45) is 0 Å². The molecule has 0 aromatic heterocycles. The predicted octanol–water partition coefficient (Wildman–Crippen LogP) is 3.84. The van der Waals surface area contributed by atoms with Gasteiger partial charge < -0.3 is 10.2 Å². The van der Waals surface area contributed by atoms with Crippen LogP contribution < -0.4 is 5.32 Å². The quantitative estimate of drug-likeness (QED) is 0.715. The number of carbonyl (C=O) groups is 2. The van der Waals surface area contributed by atoms with Crippen LogP contribution in [0, 0.1) is 0 Å². The molecule has 1 aliphatic rings. The summed E-state index contributed by atoms with van der Waals surface area (Å²) in [5.74, 6) is 0.229. The molecule has 5 nitrogen and oxygen atoms in total. The van der Waals surface area contributed by atoms with Gasteiger partial charge in [0.25, 0.3) is 0 Å². The maximum atomic E-state index is 12.4. The molecule has 1 fully saturated rings. The van der Waals surface area contributed by atoms with Crippen LogP contribution in [0.2, 0.25) is 5.02 Å². The highest BCUT2D eigenvalue weighted by molar-refractivity contribution is 6.30. The summed E-state index contributed by atoms with van der Waals surface area (Å²) < 4.78 is 0. The monoisotopic (exact) mass is 413 g/mol. The zero-order chi connectivity index (χ0) is 20.5. The van der Waals surface area contributed by atoms with Gasteiger partial charge in [-0.25, -0.2) is 0 Å². The first kappa shape index (κ1) is 21.3. The number of hydrogen-bond donors (Lipinski definition) is 1. The third kappa shape index (κ3) is 7.18. The van der Waals surface area contributed by atoms with Crippen LogP contribution in [-0.2, 0) is 16.0 Å². The van der Waals surface area contributed by atoms with E-state index in [1.54, 1.807) is 24.3 Å². The van der Waals surface area contributed by atoms with E-state index in [1.165, 1.54) is 5.56 Å². The van der Waals surface area contributed by atoms with Gasteiger partial charge in [-0.1, -0.05) is 41.9 Å². The summed E-state index contributed by atoms with van der Waals surface area (Å²) in [5.41, 5.74) is 2.03. The summed E-state index contributed by atoms with van der Waals surface area (Å²) in [5, 5.41) is 3.53. The Kier molecular flexibility index (Phi) is 8.08.